The van der Waals surface area contributed by atoms with Gasteiger partial charge in [0.15, 0.2) is 0 Å². The first kappa shape index (κ1) is 23.4. The number of hydrogen-bond acceptors (Lipinski definition) is 7. The highest BCUT2D eigenvalue weighted by Crippen LogP contribution is 2.44. The van der Waals surface area contributed by atoms with Crippen LogP contribution in [0.4, 0.5) is 5.95 Å². The third-order valence-electron chi connectivity index (χ3n) is 6.05. The lowest BCUT2D eigenvalue weighted by Gasteiger charge is -2.23. The Morgan fingerprint density at radius 3 is 2.47 bits per heavy atom. The van der Waals surface area contributed by atoms with Crippen molar-refractivity contribution in [2.24, 2.45) is 0 Å². The van der Waals surface area contributed by atoms with Gasteiger partial charge in [0.1, 0.15) is 17.3 Å². The molecule has 4 aromatic rings. The number of nitrogens with zero attached hydrogens (tertiary/aromatic N) is 3. The number of ketones is 1. The number of carbonyl (C=O) groups excluding carboxylic acids is 2. The Balaban J connectivity index is 1.76. The first-order valence-corrected chi connectivity index (χ1v) is 11.3. The lowest BCUT2D eigenvalue weighted by molar-refractivity contribution is -0.132. The zero-order chi connectivity index (χ0) is 25.6. The van der Waals surface area contributed by atoms with Crippen LogP contribution in [0.1, 0.15) is 22.7 Å². The highest BCUT2D eigenvalue weighted by atomic mass is 35.5. The van der Waals surface area contributed by atoms with Gasteiger partial charge in [0, 0.05) is 18.5 Å². The molecule has 182 valence electrons. The third kappa shape index (κ3) is 3.74. The number of hydrogen-bond donors (Lipinski definition) is 2. The fourth-order valence-corrected chi connectivity index (χ4v) is 4.56. The number of benzene rings is 2. The van der Waals surface area contributed by atoms with Crippen molar-refractivity contribution < 1.29 is 24.2 Å². The average Bonchev–Trinajstić information content (AvgIpc) is 3.41. The number of fused-ring (bicyclic) bond motifs is 1. The smallest absolute Gasteiger partial charge is 0.302 e. The van der Waals surface area contributed by atoms with Crippen LogP contribution in [0.3, 0.4) is 0 Å². The van der Waals surface area contributed by atoms with Crippen molar-refractivity contribution in [3.05, 3.63) is 82.1 Å². The fourth-order valence-electron chi connectivity index (χ4n) is 4.33. The minimum atomic E-state index is -0.985. The number of halogens is 1. The molecule has 0 bridgehead atoms. The van der Waals surface area contributed by atoms with Gasteiger partial charge in [-0.15, -0.1) is 0 Å². The van der Waals surface area contributed by atoms with Crippen molar-refractivity contribution in [1.82, 2.24) is 15.0 Å². The summed E-state index contributed by atoms with van der Waals surface area (Å²) in [7, 11) is 2.83. The molecule has 2 N–H and O–H groups in total. The van der Waals surface area contributed by atoms with Gasteiger partial charge in [0.05, 0.1) is 47.5 Å². The van der Waals surface area contributed by atoms with Crippen molar-refractivity contribution in [3.63, 3.8) is 0 Å². The van der Waals surface area contributed by atoms with E-state index in [0.717, 1.165) is 5.56 Å². The van der Waals surface area contributed by atoms with Crippen LogP contribution in [0.25, 0.3) is 16.8 Å². The summed E-state index contributed by atoms with van der Waals surface area (Å²) < 4.78 is 10.7. The van der Waals surface area contributed by atoms with Gasteiger partial charge in [-0.1, -0.05) is 17.7 Å². The van der Waals surface area contributed by atoms with Crippen molar-refractivity contribution in [3.8, 4) is 11.5 Å². The molecule has 3 heterocycles. The molecular weight excluding hydrogens is 484 g/mol. The van der Waals surface area contributed by atoms with Gasteiger partial charge < -0.3 is 19.6 Å². The van der Waals surface area contributed by atoms with E-state index in [2.05, 4.69) is 15.0 Å². The van der Waals surface area contributed by atoms with Crippen molar-refractivity contribution in [2.75, 3.05) is 19.1 Å². The van der Waals surface area contributed by atoms with Crippen LogP contribution in [-0.4, -0.2) is 46.0 Å². The lowest BCUT2D eigenvalue weighted by Crippen LogP contribution is -2.30. The second-order valence-electron chi connectivity index (χ2n) is 8.22. The van der Waals surface area contributed by atoms with Gasteiger partial charge in [0.25, 0.3) is 5.78 Å². The van der Waals surface area contributed by atoms with E-state index in [9.17, 15) is 14.7 Å². The topological polar surface area (TPSA) is 118 Å². The number of aliphatic hydroxyl groups is 1. The molecule has 0 spiro atoms. The molecule has 2 aromatic heterocycles. The predicted molar refractivity (Wildman–Crippen MR) is 134 cm³/mol. The molecule has 9 nitrogen and oxygen atoms in total. The van der Waals surface area contributed by atoms with Gasteiger partial charge in [-0.25, -0.2) is 4.98 Å². The molecule has 1 saturated heterocycles. The van der Waals surface area contributed by atoms with Crippen LogP contribution in [-0.2, 0) is 9.59 Å². The average molecular weight is 505 g/mol. The first-order valence-electron chi connectivity index (χ1n) is 10.9. The second-order valence-corrected chi connectivity index (χ2v) is 8.62. The van der Waals surface area contributed by atoms with Crippen LogP contribution < -0.4 is 14.4 Å². The summed E-state index contributed by atoms with van der Waals surface area (Å²) in [4.78, 5) is 39.8. The van der Waals surface area contributed by atoms with Gasteiger partial charge in [-0.2, -0.15) is 0 Å². The maximum Gasteiger partial charge on any atom is 0.302 e. The van der Waals surface area contributed by atoms with Crippen LogP contribution in [0.2, 0.25) is 5.02 Å². The Hall–Kier alpha value is -4.37. The normalized spacial score (nSPS) is 17.1. The monoisotopic (exact) mass is 504 g/mol. The molecule has 1 aliphatic rings. The van der Waals surface area contributed by atoms with Crippen molar-refractivity contribution >= 4 is 46.0 Å². The summed E-state index contributed by atoms with van der Waals surface area (Å²) in [5.41, 5.74) is 2.93. The Morgan fingerprint density at radius 2 is 1.78 bits per heavy atom. The minimum Gasteiger partial charge on any atom is -0.507 e. The number of rotatable bonds is 5. The molecule has 0 aliphatic carbocycles. The van der Waals surface area contributed by atoms with Crippen LogP contribution in [0, 0.1) is 6.92 Å². The van der Waals surface area contributed by atoms with Gasteiger partial charge in [0.2, 0.25) is 5.95 Å². The lowest BCUT2D eigenvalue weighted by atomic mass is 9.95. The molecule has 2 aromatic carbocycles. The Labute approximate surface area is 211 Å². The molecular formula is C26H21ClN4O5. The summed E-state index contributed by atoms with van der Waals surface area (Å²) >= 11 is 6.22. The molecule has 0 radical (unpaired) electrons. The number of anilines is 1. The van der Waals surface area contributed by atoms with Crippen LogP contribution in [0.15, 0.2) is 60.4 Å². The van der Waals surface area contributed by atoms with E-state index >= 15 is 0 Å². The summed E-state index contributed by atoms with van der Waals surface area (Å²) in [6, 6.07) is 10.9. The largest absolute Gasteiger partial charge is 0.507 e. The maximum absolute atomic E-state index is 13.4. The minimum absolute atomic E-state index is 0.134. The van der Waals surface area contributed by atoms with Crippen molar-refractivity contribution in [1.29, 1.82) is 0 Å². The molecule has 0 saturated carbocycles. The Kier molecular flexibility index (Phi) is 5.85. The number of pyridine rings is 1. The van der Waals surface area contributed by atoms with Gasteiger partial charge >= 0.3 is 5.91 Å². The molecule has 1 atom stereocenters. The highest BCUT2D eigenvalue weighted by molar-refractivity contribution is 6.51. The number of carbonyl (C=O) groups is 2. The summed E-state index contributed by atoms with van der Waals surface area (Å²) in [5, 5.41) is 11.7. The number of aryl methyl sites for hydroxylation is 1. The molecule has 1 unspecified atom stereocenters. The molecule has 36 heavy (non-hydrogen) atoms. The molecule has 1 amide bonds. The zero-order valence-electron chi connectivity index (χ0n) is 19.6. The van der Waals surface area contributed by atoms with E-state index in [0.29, 0.717) is 16.6 Å². The highest BCUT2D eigenvalue weighted by Gasteiger charge is 2.48. The SMILES string of the molecule is COc1cc(/C(O)=C2\C(=O)C(=O)N(c3nc4ccc(C)cc4[nH]3)C2c2ccncc2)c(OC)cc1Cl. The number of H-pyrrole nitrogens is 1. The molecule has 1 fully saturated rings. The van der Waals surface area contributed by atoms with E-state index in [1.165, 1.54) is 31.3 Å². The van der Waals surface area contributed by atoms with Crippen molar-refractivity contribution in [2.45, 2.75) is 13.0 Å². The van der Waals surface area contributed by atoms with E-state index < -0.39 is 23.5 Å². The number of methoxy groups -OCH3 is 2. The molecule has 10 heteroatoms. The number of amides is 1. The predicted octanol–water partition coefficient (Wildman–Crippen LogP) is 4.56. The third-order valence-corrected chi connectivity index (χ3v) is 6.34. The number of ether oxygens (including phenoxy) is 2. The second kappa shape index (κ2) is 9.01. The Morgan fingerprint density at radius 1 is 1.06 bits per heavy atom. The molecule has 1 aliphatic heterocycles. The zero-order valence-corrected chi connectivity index (χ0v) is 20.3. The van der Waals surface area contributed by atoms with Crippen LogP contribution in [0.5, 0.6) is 11.5 Å². The first-order chi connectivity index (χ1) is 17.3. The summed E-state index contributed by atoms with van der Waals surface area (Å²) in [5.74, 6) is -1.50. The van der Waals surface area contributed by atoms with Gasteiger partial charge in [-0.3, -0.25) is 19.5 Å². The van der Waals surface area contributed by atoms with E-state index in [1.54, 1.807) is 24.5 Å². The van der Waals surface area contributed by atoms with E-state index in [4.69, 9.17) is 21.1 Å². The maximum atomic E-state index is 13.4. The van der Waals surface area contributed by atoms with Gasteiger partial charge in [-0.05, 0) is 48.4 Å². The number of Topliss-reactive ketones (excluding diaryl/α,β-unsaturated/α-hetero) is 1. The summed E-state index contributed by atoms with van der Waals surface area (Å²) in [6.07, 6.45) is 3.09. The number of imidazole rings is 1. The summed E-state index contributed by atoms with van der Waals surface area (Å²) in [6.45, 7) is 1.94. The Bertz CT molecular complexity index is 1550. The number of aromatic amines is 1. The van der Waals surface area contributed by atoms with E-state index in [-0.39, 0.29) is 33.6 Å². The van der Waals surface area contributed by atoms with E-state index in [1.807, 2.05) is 25.1 Å². The number of nitrogens with one attached hydrogen (secondary N) is 1. The fraction of sp³-hybridized carbons (Fsp3) is 0.154. The standard InChI is InChI=1S/C26H21ClN4O5/c1-13-4-5-17-18(10-13)30-26(29-17)31-22(14-6-8-28-9-7-14)21(24(33)25(31)34)23(32)15-11-20(36-3)16(27)12-19(15)35-2/h4-12,22,32H,1-3H3,(H,29,30)/b23-21+. The quantitative estimate of drug-likeness (QED) is 0.232. The molecule has 5 rings (SSSR count). The number of aliphatic hydroxyl groups excluding tert-OH is 1. The van der Waals surface area contributed by atoms with Crippen LogP contribution >= 0.6 is 11.6 Å². The number of aromatic nitrogens is 3.